The van der Waals surface area contributed by atoms with E-state index < -0.39 is 0 Å². The number of amides is 1. The van der Waals surface area contributed by atoms with Crippen molar-refractivity contribution in [1.29, 1.82) is 0 Å². The van der Waals surface area contributed by atoms with Crippen LogP contribution < -0.4 is 4.74 Å². The molecule has 0 aliphatic carbocycles. The minimum atomic E-state index is 0.184. The molecule has 158 valence electrons. The van der Waals surface area contributed by atoms with E-state index >= 15 is 0 Å². The van der Waals surface area contributed by atoms with E-state index in [4.69, 9.17) is 9.72 Å². The lowest BCUT2D eigenvalue weighted by Crippen LogP contribution is -2.43. The highest BCUT2D eigenvalue weighted by Crippen LogP contribution is 2.25. The number of fused-ring (bicyclic) bond motifs is 1. The molecule has 3 aromatic rings. The zero-order valence-corrected chi connectivity index (χ0v) is 18.5. The lowest BCUT2D eigenvalue weighted by molar-refractivity contribution is -0.135. The molecular formula is C24H29N3O2S. The smallest absolute Gasteiger partial charge is 0.242 e. The molecule has 0 spiro atoms. The molecule has 5 nitrogen and oxygen atoms in total. The normalized spacial score (nSPS) is 16.7. The van der Waals surface area contributed by atoms with Gasteiger partial charge in [-0.15, -0.1) is 0 Å². The van der Waals surface area contributed by atoms with Crippen LogP contribution in [0.25, 0.3) is 11.0 Å². The molecule has 1 saturated heterocycles. The Hall–Kier alpha value is -2.47. The number of thioether (sulfide) groups is 1. The van der Waals surface area contributed by atoms with Gasteiger partial charge in [-0.1, -0.05) is 36.0 Å². The Bertz CT molecular complexity index is 1020. The number of para-hydroxylation sites is 2. The molecule has 1 aliphatic rings. The Morgan fingerprint density at radius 3 is 2.90 bits per heavy atom. The van der Waals surface area contributed by atoms with Gasteiger partial charge in [-0.05, 0) is 62.9 Å². The van der Waals surface area contributed by atoms with Gasteiger partial charge < -0.3 is 14.2 Å². The quantitative estimate of drug-likeness (QED) is 0.400. The summed E-state index contributed by atoms with van der Waals surface area (Å²) in [5.74, 6) is 1.84. The van der Waals surface area contributed by atoms with Crippen LogP contribution in [0.5, 0.6) is 5.75 Å². The predicted molar refractivity (Wildman–Crippen MR) is 122 cm³/mol. The van der Waals surface area contributed by atoms with Gasteiger partial charge in [0.05, 0.1) is 17.6 Å². The molecule has 2 aromatic carbocycles. The van der Waals surface area contributed by atoms with Crippen LogP contribution in [0.1, 0.15) is 31.7 Å². The maximum atomic E-state index is 13.1. The van der Waals surface area contributed by atoms with E-state index in [1.54, 1.807) is 11.8 Å². The molecule has 1 amide bonds. The van der Waals surface area contributed by atoms with E-state index in [9.17, 15) is 4.79 Å². The van der Waals surface area contributed by atoms with Gasteiger partial charge in [-0.2, -0.15) is 0 Å². The highest BCUT2D eigenvalue weighted by atomic mass is 32.2. The van der Waals surface area contributed by atoms with Crippen molar-refractivity contribution in [3.8, 4) is 5.75 Å². The van der Waals surface area contributed by atoms with Crippen molar-refractivity contribution in [1.82, 2.24) is 14.5 Å². The molecule has 6 heteroatoms. The van der Waals surface area contributed by atoms with Crippen molar-refractivity contribution in [2.45, 2.75) is 50.9 Å². The second-order valence-corrected chi connectivity index (χ2v) is 8.98. The fourth-order valence-electron chi connectivity index (χ4n) is 4.01. The van der Waals surface area contributed by atoms with Gasteiger partial charge >= 0.3 is 0 Å². The largest absolute Gasteiger partial charge is 0.493 e. The average Bonchev–Trinajstić information content (AvgIpc) is 3.09. The maximum absolute atomic E-state index is 13.1. The zero-order valence-electron chi connectivity index (χ0n) is 17.7. The summed E-state index contributed by atoms with van der Waals surface area (Å²) in [7, 11) is 0. The van der Waals surface area contributed by atoms with Crippen LogP contribution in [0.15, 0.2) is 53.7 Å². The average molecular weight is 424 g/mol. The third-order valence-electron chi connectivity index (χ3n) is 5.61. The van der Waals surface area contributed by atoms with E-state index in [0.29, 0.717) is 19.2 Å². The summed E-state index contributed by atoms with van der Waals surface area (Å²) in [4.78, 5) is 19.9. The van der Waals surface area contributed by atoms with Gasteiger partial charge in [0.1, 0.15) is 12.3 Å². The second-order valence-electron chi connectivity index (χ2n) is 7.91. The van der Waals surface area contributed by atoms with Gasteiger partial charge in [0.2, 0.25) is 5.91 Å². The van der Waals surface area contributed by atoms with E-state index in [0.717, 1.165) is 47.1 Å². The summed E-state index contributed by atoms with van der Waals surface area (Å²) in [6.07, 6.45) is 3.40. The monoisotopic (exact) mass is 423 g/mol. The molecule has 1 aromatic heterocycles. The molecule has 0 N–H and O–H groups in total. The Morgan fingerprint density at radius 2 is 2.07 bits per heavy atom. The first-order chi connectivity index (χ1) is 14.6. The lowest BCUT2D eigenvalue weighted by Gasteiger charge is -2.33. The molecule has 4 rings (SSSR count). The minimum absolute atomic E-state index is 0.184. The number of piperidine rings is 1. The first-order valence-electron chi connectivity index (χ1n) is 10.7. The van der Waals surface area contributed by atoms with Gasteiger partial charge in [-0.3, -0.25) is 4.79 Å². The molecule has 30 heavy (non-hydrogen) atoms. The Labute approximate surface area is 182 Å². The molecule has 2 heterocycles. The predicted octanol–water partition coefficient (Wildman–Crippen LogP) is 4.92. The molecule has 1 atom stereocenters. The summed E-state index contributed by atoms with van der Waals surface area (Å²) in [5, 5.41) is 0.877. The summed E-state index contributed by atoms with van der Waals surface area (Å²) >= 11 is 1.64. The fourth-order valence-corrected chi connectivity index (χ4v) is 4.84. The van der Waals surface area contributed by atoms with Crippen molar-refractivity contribution in [3.63, 3.8) is 0 Å². The number of ether oxygens (including phenoxy) is 1. The molecule has 0 radical (unpaired) electrons. The fraction of sp³-hybridized carbons (Fsp3) is 0.417. The second kappa shape index (κ2) is 9.56. The van der Waals surface area contributed by atoms with E-state index in [2.05, 4.69) is 24.5 Å². The van der Waals surface area contributed by atoms with Crippen LogP contribution in [0.2, 0.25) is 0 Å². The molecular weight excluding hydrogens is 394 g/mol. The van der Waals surface area contributed by atoms with Crippen LogP contribution in [-0.4, -0.2) is 45.3 Å². The third kappa shape index (κ3) is 4.81. The Kier molecular flexibility index (Phi) is 6.62. The number of hydrogen-bond donors (Lipinski definition) is 0. The van der Waals surface area contributed by atoms with Crippen molar-refractivity contribution in [2.75, 3.05) is 18.9 Å². The highest BCUT2D eigenvalue weighted by molar-refractivity contribution is 7.99. The number of likely N-dealkylation sites (tertiary alicyclic amines) is 1. The van der Waals surface area contributed by atoms with Crippen LogP contribution in [0, 0.1) is 6.92 Å². The van der Waals surface area contributed by atoms with Crippen LogP contribution in [0.3, 0.4) is 0 Å². The minimum Gasteiger partial charge on any atom is -0.493 e. The van der Waals surface area contributed by atoms with Gasteiger partial charge in [0.25, 0.3) is 0 Å². The summed E-state index contributed by atoms with van der Waals surface area (Å²) in [6, 6.07) is 16.4. The van der Waals surface area contributed by atoms with E-state index in [1.165, 1.54) is 12.0 Å². The summed E-state index contributed by atoms with van der Waals surface area (Å²) < 4.78 is 7.95. The van der Waals surface area contributed by atoms with Gasteiger partial charge in [-0.25, -0.2) is 4.98 Å². The van der Waals surface area contributed by atoms with Crippen molar-refractivity contribution < 1.29 is 9.53 Å². The molecule has 1 fully saturated rings. The number of aromatic nitrogens is 2. The van der Waals surface area contributed by atoms with Crippen molar-refractivity contribution >= 4 is 28.7 Å². The van der Waals surface area contributed by atoms with Crippen LogP contribution >= 0.6 is 11.8 Å². The summed E-state index contributed by atoms with van der Waals surface area (Å²) in [6.45, 7) is 6.01. The topological polar surface area (TPSA) is 47.4 Å². The number of rotatable bonds is 7. The van der Waals surface area contributed by atoms with Gasteiger partial charge in [0.15, 0.2) is 5.16 Å². The first kappa shape index (κ1) is 20.8. The maximum Gasteiger partial charge on any atom is 0.242 e. The van der Waals surface area contributed by atoms with Gasteiger partial charge in [0, 0.05) is 18.3 Å². The van der Waals surface area contributed by atoms with Crippen molar-refractivity contribution in [3.05, 3.63) is 54.1 Å². The number of carbonyl (C=O) groups is 1. The van der Waals surface area contributed by atoms with E-state index in [1.807, 2.05) is 47.4 Å². The zero-order chi connectivity index (χ0) is 20.9. The van der Waals surface area contributed by atoms with Crippen LogP contribution in [0.4, 0.5) is 0 Å². The number of imidazole rings is 1. The molecule has 0 unspecified atom stereocenters. The SMILES string of the molecule is Cc1cccc(OCCSc2nc3ccccc3n2CC(=O)N2CCCC[C@H]2C)c1. The third-order valence-corrected chi connectivity index (χ3v) is 6.55. The lowest BCUT2D eigenvalue weighted by atomic mass is 10.0. The van der Waals surface area contributed by atoms with E-state index in [-0.39, 0.29) is 5.91 Å². The first-order valence-corrected chi connectivity index (χ1v) is 11.7. The molecule has 1 aliphatic heterocycles. The number of aryl methyl sites for hydroxylation is 1. The van der Waals surface area contributed by atoms with Crippen molar-refractivity contribution in [2.24, 2.45) is 0 Å². The molecule has 0 saturated carbocycles. The molecule has 0 bridgehead atoms. The Balaban J connectivity index is 1.45. The van der Waals surface area contributed by atoms with Crippen LogP contribution in [-0.2, 0) is 11.3 Å². The standard InChI is InChI=1S/C24H29N3O2S/c1-18-8-7-10-20(16-18)29-14-15-30-24-25-21-11-3-4-12-22(21)27(24)17-23(28)26-13-6-5-9-19(26)2/h3-4,7-8,10-12,16,19H,5-6,9,13-15,17H2,1-2H3/t19-/m1/s1. The number of hydrogen-bond acceptors (Lipinski definition) is 4. The number of carbonyl (C=O) groups excluding carboxylic acids is 1. The number of benzene rings is 2. The highest BCUT2D eigenvalue weighted by Gasteiger charge is 2.24. The summed E-state index contributed by atoms with van der Waals surface area (Å²) in [5.41, 5.74) is 3.13. The Morgan fingerprint density at radius 1 is 1.20 bits per heavy atom. The number of nitrogens with zero attached hydrogens (tertiary/aromatic N) is 3.